The molecule has 0 aliphatic rings. The van der Waals surface area contributed by atoms with Crippen LogP contribution >= 0.6 is 7.82 Å². The summed E-state index contributed by atoms with van der Waals surface area (Å²) in [6, 6.07) is 0. The predicted octanol–water partition coefficient (Wildman–Crippen LogP) is 14.6. The maximum absolute atomic E-state index is 12.6. The van der Waals surface area contributed by atoms with Crippen LogP contribution < -0.4 is 5.73 Å². The zero-order valence-corrected chi connectivity index (χ0v) is 39.8. The highest BCUT2D eigenvalue weighted by Gasteiger charge is 2.26. The fraction of sp³-hybridized carbons (Fsp3) is 0.725. The van der Waals surface area contributed by atoms with Crippen molar-refractivity contribution in [1.82, 2.24) is 0 Å². The maximum atomic E-state index is 12.6. The molecular formula is C51H90NO8P. The zero-order chi connectivity index (χ0) is 44.6. The van der Waals surface area contributed by atoms with Crippen molar-refractivity contribution in [3.63, 3.8) is 0 Å². The standard InChI is InChI=1S/C51H90NO8P/c1-3-5-7-9-11-13-15-17-19-21-23-24-26-28-30-32-34-36-38-40-42-44-51(54)60-49(48-59-61(55,56)58-46-45-52)47-57-50(53)43-41-39-37-35-33-31-29-27-25-22-20-18-16-14-12-10-8-6-4-2/h12,14,17-20,25,27,31,33,37,39,49H,3-11,13,15-16,21-24,26,28-30,32,34-36,38,40-48,52H2,1-2H3,(H,55,56)/b14-12+,19-17+,20-18+,27-25+,33-31+,39-37+/t49-/m1/s1. The molecule has 0 saturated heterocycles. The van der Waals surface area contributed by atoms with E-state index in [1.807, 2.05) is 12.2 Å². The fourth-order valence-corrected chi connectivity index (χ4v) is 7.20. The molecule has 61 heavy (non-hydrogen) atoms. The molecule has 0 radical (unpaired) electrons. The van der Waals surface area contributed by atoms with Crippen LogP contribution in [0.2, 0.25) is 0 Å². The fourth-order valence-electron chi connectivity index (χ4n) is 6.44. The SMILES string of the molecule is CCCCC/C=C/C/C=C/C/C=C/C/C=C/C/C=C/CCC(=O)OC[C@H](COP(=O)(O)OCCN)OC(=O)CCCCCCCCCCCCC/C=C/CCCCCCCC. The third kappa shape index (κ3) is 46.8. The number of hydrogen-bond acceptors (Lipinski definition) is 8. The Bertz CT molecular complexity index is 1230. The van der Waals surface area contributed by atoms with Gasteiger partial charge in [-0.15, -0.1) is 0 Å². The smallest absolute Gasteiger partial charge is 0.462 e. The summed E-state index contributed by atoms with van der Waals surface area (Å²) in [5.41, 5.74) is 5.36. The normalized spacial score (nSPS) is 13.8. The summed E-state index contributed by atoms with van der Waals surface area (Å²) < 4.78 is 32.8. The van der Waals surface area contributed by atoms with Crippen LogP contribution in [0.5, 0.6) is 0 Å². The van der Waals surface area contributed by atoms with Crippen LogP contribution in [0.15, 0.2) is 72.9 Å². The molecule has 3 N–H and O–H groups in total. The third-order valence-corrected chi connectivity index (χ3v) is 11.1. The molecule has 0 aliphatic carbocycles. The van der Waals surface area contributed by atoms with Crippen LogP contribution in [-0.2, 0) is 32.7 Å². The number of carbonyl (C=O) groups excluding carboxylic acids is 2. The molecule has 0 aliphatic heterocycles. The van der Waals surface area contributed by atoms with Crippen molar-refractivity contribution >= 4 is 19.8 Å². The molecule has 0 aromatic rings. The molecule has 1 unspecified atom stereocenters. The Morgan fingerprint density at radius 3 is 1.38 bits per heavy atom. The lowest BCUT2D eigenvalue weighted by atomic mass is 10.0. The number of nitrogens with two attached hydrogens (primary N) is 1. The lowest BCUT2D eigenvalue weighted by molar-refractivity contribution is -0.161. The number of phosphoric ester groups is 1. The van der Waals surface area contributed by atoms with Gasteiger partial charge in [0, 0.05) is 19.4 Å². The van der Waals surface area contributed by atoms with Gasteiger partial charge in [0.15, 0.2) is 6.10 Å². The van der Waals surface area contributed by atoms with Crippen molar-refractivity contribution in [3.8, 4) is 0 Å². The lowest BCUT2D eigenvalue weighted by Crippen LogP contribution is -2.29. The largest absolute Gasteiger partial charge is 0.472 e. The first-order chi connectivity index (χ1) is 29.8. The van der Waals surface area contributed by atoms with Crippen molar-refractivity contribution in [3.05, 3.63) is 72.9 Å². The molecule has 0 spiro atoms. The van der Waals surface area contributed by atoms with Gasteiger partial charge >= 0.3 is 19.8 Å². The Morgan fingerprint density at radius 2 is 0.885 bits per heavy atom. The molecule has 2 atom stereocenters. The van der Waals surface area contributed by atoms with E-state index in [-0.39, 0.29) is 32.6 Å². The van der Waals surface area contributed by atoms with Crippen LogP contribution in [0.3, 0.4) is 0 Å². The van der Waals surface area contributed by atoms with E-state index in [9.17, 15) is 19.0 Å². The predicted molar refractivity (Wildman–Crippen MR) is 256 cm³/mol. The Hall–Kier alpha value is -2.55. The van der Waals surface area contributed by atoms with E-state index in [4.69, 9.17) is 24.3 Å². The summed E-state index contributed by atoms with van der Waals surface area (Å²) in [6.45, 7) is 3.62. The van der Waals surface area contributed by atoms with Gasteiger partial charge in [-0.2, -0.15) is 0 Å². The molecule has 0 rings (SSSR count). The Morgan fingerprint density at radius 1 is 0.492 bits per heavy atom. The number of phosphoric acid groups is 1. The maximum Gasteiger partial charge on any atom is 0.472 e. The van der Waals surface area contributed by atoms with Gasteiger partial charge in [0.2, 0.25) is 0 Å². The summed E-state index contributed by atoms with van der Waals surface area (Å²) in [5, 5.41) is 0. The number of ether oxygens (including phenoxy) is 2. The van der Waals surface area contributed by atoms with Crippen LogP contribution in [0.4, 0.5) is 0 Å². The first-order valence-corrected chi connectivity index (χ1v) is 25.9. The highest BCUT2D eigenvalue weighted by molar-refractivity contribution is 7.47. The van der Waals surface area contributed by atoms with E-state index in [1.165, 1.54) is 122 Å². The van der Waals surface area contributed by atoms with Crippen molar-refractivity contribution < 1.29 is 37.6 Å². The number of unbranched alkanes of at least 4 members (excludes halogenated alkanes) is 20. The third-order valence-electron chi connectivity index (χ3n) is 10.1. The summed E-state index contributed by atoms with van der Waals surface area (Å²) in [5.74, 6) is -0.926. The molecule has 10 heteroatoms. The molecule has 0 aromatic carbocycles. The van der Waals surface area contributed by atoms with Gasteiger partial charge in [-0.25, -0.2) is 4.57 Å². The van der Waals surface area contributed by atoms with Crippen molar-refractivity contribution in [2.75, 3.05) is 26.4 Å². The second-order valence-corrected chi connectivity index (χ2v) is 17.4. The zero-order valence-electron chi connectivity index (χ0n) is 38.9. The number of hydrogen-bond donors (Lipinski definition) is 2. The Kier molecular flexibility index (Phi) is 45.0. The van der Waals surface area contributed by atoms with Gasteiger partial charge < -0.3 is 20.1 Å². The minimum atomic E-state index is -4.40. The summed E-state index contributed by atoms with van der Waals surface area (Å²) in [7, 11) is -4.40. The summed E-state index contributed by atoms with van der Waals surface area (Å²) in [4.78, 5) is 35.0. The Balaban J connectivity index is 4.19. The first-order valence-electron chi connectivity index (χ1n) is 24.4. The van der Waals surface area contributed by atoms with Crippen molar-refractivity contribution in [2.24, 2.45) is 5.73 Å². The first kappa shape index (κ1) is 58.5. The average molecular weight is 876 g/mol. The molecule has 352 valence electrons. The van der Waals surface area contributed by atoms with Crippen molar-refractivity contribution in [2.45, 2.75) is 213 Å². The van der Waals surface area contributed by atoms with Crippen molar-refractivity contribution in [1.29, 1.82) is 0 Å². The Labute approximate surface area is 373 Å². The highest BCUT2D eigenvalue weighted by atomic mass is 31.2. The van der Waals surface area contributed by atoms with Gasteiger partial charge in [0.25, 0.3) is 0 Å². The van der Waals surface area contributed by atoms with Crippen LogP contribution in [0.1, 0.15) is 206 Å². The van der Waals surface area contributed by atoms with Gasteiger partial charge in [0.1, 0.15) is 6.61 Å². The summed E-state index contributed by atoms with van der Waals surface area (Å²) >= 11 is 0. The molecular weight excluding hydrogens is 786 g/mol. The van der Waals surface area contributed by atoms with Gasteiger partial charge in [0.05, 0.1) is 13.2 Å². The molecule has 0 aromatic heterocycles. The topological polar surface area (TPSA) is 134 Å². The number of esters is 2. The molecule has 9 nitrogen and oxygen atoms in total. The monoisotopic (exact) mass is 876 g/mol. The van der Waals surface area contributed by atoms with E-state index in [0.717, 1.165) is 44.9 Å². The average Bonchev–Trinajstić information content (AvgIpc) is 3.25. The van der Waals surface area contributed by atoms with Crippen LogP contribution in [0, 0.1) is 0 Å². The molecule has 0 amide bonds. The van der Waals surface area contributed by atoms with E-state index in [0.29, 0.717) is 12.8 Å². The van der Waals surface area contributed by atoms with E-state index < -0.39 is 32.5 Å². The quantitative estimate of drug-likeness (QED) is 0.0265. The molecule has 0 heterocycles. The lowest BCUT2D eigenvalue weighted by Gasteiger charge is -2.19. The highest BCUT2D eigenvalue weighted by Crippen LogP contribution is 2.43. The second-order valence-electron chi connectivity index (χ2n) is 16.0. The van der Waals surface area contributed by atoms with E-state index >= 15 is 0 Å². The molecule has 0 bridgehead atoms. The second kappa shape index (κ2) is 46.9. The summed E-state index contributed by atoms with van der Waals surface area (Å²) in [6.07, 6.45) is 58.1. The van der Waals surface area contributed by atoms with E-state index in [2.05, 4.69) is 74.6 Å². The van der Waals surface area contributed by atoms with Gasteiger partial charge in [-0.3, -0.25) is 18.6 Å². The van der Waals surface area contributed by atoms with Gasteiger partial charge in [-0.05, 0) is 77.0 Å². The number of allylic oxidation sites excluding steroid dienone is 12. The van der Waals surface area contributed by atoms with E-state index in [1.54, 1.807) is 0 Å². The molecule has 0 saturated carbocycles. The van der Waals surface area contributed by atoms with Gasteiger partial charge in [-0.1, -0.05) is 189 Å². The minimum Gasteiger partial charge on any atom is -0.462 e. The minimum absolute atomic E-state index is 0.0413. The number of rotatable bonds is 45. The van der Waals surface area contributed by atoms with Crippen LogP contribution in [0.25, 0.3) is 0 Å². The van der Waals surface area contributed by atoms with Crippen LogP contribution in [-0.4, -0.2) is 49.3 Å². The molecule has 0 fully saturated rings. The number of carbonyl (C=O) groups is 2.